The molecule has 1 aliphatic carbocycles. The summed E-state index contributed by atoms with van der Waals surface area (Å²) in [7, 11) is -3.75. The van der Waals surface area contributed by atoms with Crippen LogP contribution in [0.3, 0.4) is 0 Å². The highest BCUT2D eigenvalue weighted by Gasteiger charge is 2.53. The van der Waals surface area contributed by atoms with Crippen LogP contribution in [-0.4, -0.2) is 57.9 Å². The van der Waals surface area contributed by atoms with Crippen molar-refractivity contribution < 1.29 is 37.4 Å². The van der Waals surface area contributed by atoms with E-state index >= 15 is 9.18 Å². The third-order valence-corrected chi connectivity index (χ3v) is 13.1. The van der Waals surface area contributed by atoms with Crippen molar-refractivity contribution in [2.24, 2.45) is 17.8 Å². The quantitative estimate of drug-likeness (QED) is 0.181. The highest BCUT2D eigenvalue weighted by molar-refractivity contribution is 7.92. The molecule has 0 spiro atoms. The Kier molecular flexibility index (Phi) is 10.9. The van der Waals surface area contributed by atoms with Gasteiger partial charge in [0.05, 0.1) is 27.5 Å². The van der Waals surface area contributed by atoms with E-state index in [1.54, 1.807) is 56.9 Å². The molecule has 0 bridgehead atoms. The van der Waals surface area contributed by atoms with Crippen molar-refractivity contribution in [2.45, 2.75) is 76.1 Å². The zero-order valence-corrected chi connectivity index (χ0v) is 30.5. The predicted octanol–water partition coefficient (Wildman–Crippen LogP) is 7.87. The number of amides is 2. The van der Waals surface area contributed by atoms with Crippen LogP contribution in [-0.2, 0) is 19.4 Å². The maximum atomic E-state index is 15.2. The molecule has 1 saturated carbocycles. The van der Waals surface area contributed by atoms with Crippen LogP contribution in [0.25, 0.3) is 0 Å². The third-order valence-electron chi connectivity index (χ3n) is 9.93. The number of hydrogen-bond acceptors (Lipinski definition) is 6. The van der Waals surface area contributed by atoms with Gasteiger partial charge in [-0.3, -0.25) is 9.59 Å². The summed E-state index contributed by atoms with van der Waals surface area (Å²) in [6, 6.07) is 13.5. The number of carbonyl (C=O) groups excluding carboxylic acids is 2. The number of aromatic hydroxyl groups is 1. The average Bonchev–Trinajstić information content (AvgIpc) is 3.87. The van der Waals surface area contributed by atoms with Crippen LogP contribution in [0, 0.1) is 23.6 Å². The maximum absolute atomic E-state index is 15.2. The van der Waals surface area contributed by atoms with Crippen molar-refractivity contribution in [3.05, 3.63) is 93.2 Å². The molecule has 50 heavy (non-hydrogen) atoms. The van der Waals surface area contributed by atoms with Crippen LogP contribution in [0.2, 0.25) is 10.0 Å². The minimum Gasteiger partial charge on any atom is -0.507 e. The van der Waals surface area contributed by atoms with Gasteiger partial charge in [-0.05, 0) is 99.9 Å². The van der Waals surface area contributed by atoms with Gasteiger partial charge in [-0.1, -0.05) is 48.3 Å². The van der Waals surface area contributed by atoms with Crippen molar-refractivity contribution >= 4 is 56.5 Å². The Hall–Kier alpha value is -3.67. The SMILES string of the molecule is CCC(C(=O)Nc1ccc(C(=O)O)c(O)c1)[C@H]1C[C@H](c2cccc(Cl)c2)[C@@H](c2ccc(Cl)c(F)c2)N([C@H](CS(=O)(=O)C(C)(C)C)C2CC2)C1=O. The van der Waals surface area contributed by atoms with E-state index in [0.29, 0.717) is 23.4 Å². The van der Waals surface area contributed by atoms with E-state index in [2.05, 4.69) is 5.32 Å². The number of nitrogens with zero attached hydrogens (tertiary/aromatic N) is 1. The van der Waals surface area contributed by atoms with Crippen molar-refractivity contribution in [3.8, 4) is 5.75 Å². The number of anilines is 1. The van der Waals surface area contributed by atoms with Gasteiger partial charge in [-0.15, -0.1) is 0 Å². The number of rotatable bonds is 11. The molecule has 3 aromatic rings. The molecule has 9 nitrogen and oxygen atoms in total. The van der Waals surface area contributed by atoms with Gasteiger partial charge < -0.3 is 20.4 Å². The number of carboxylic acid groups (broad SMARTS) is 1. The van der Waals surface area contributed by atoms with E-state index in [0.717, 1.165) is 11.6 Å². The van der Waals surface area contributed by atoms with E-state index in [9.17, 15) is 28.2 Å². The van der Waals surface area contributed by atoms with E-state index < -0.39 is 73.8 Å². The summed E-state index contributed by atoms with van der Waals surface area (Å²) in [5.74, 6) is -6.30. The Morgan fingerprint density at radius 2 is 1.74 bits per heavy atom. The highest BCUT2D eigenvalue weighted by Crippen LogP contribution is 2.52. The van der Waals surface area contributed by atoms with Gasteiger partial charge >= 0.3 is 5.97 Å². The van der Waals surface area contributed by atoms with Crippen molar-refractivity contribution in [1.82, 2.24) is 4.90 Å². The summed E-state index contributed by atoms with van der Waals surface area (Å²) >= 11 is 12.6. The van der Waals surface area contributed by atoms with Gasteiger partial charge in [0.15, 0.2) is 9.84 Å². The van der Waals surface area contributed by atoms with Crippen LogP contribution in [0.5, 0.6) is 5.75 Å². The first-order chi connectivity index (χ1) is 23.4. The fourth-order valence-corrected chi connectivity index (χ4v) is 8.65. The number of likely N-dealkylation sites (tertiary alicyclic amines) is 1. The number of piperidine rings is 1. The molecule has 5 atom stereocenters. The normalized spacial score (nSPS) is 21.1. The zero-order chi connectivity index (χ0) is 36.7. The molecule has 3 N–H and O–H groups in total. The van der Waals surface area contributed by atoms with Gasteiger partial charge in [0, 0.05) is 34.7 Å². The Morgan fingerprint density at radius 3 is 2.30 bits per heavy atom. The second-order valence-electron chi connectivity index (χ2n) is 14.2. The molecule has 268 valence electrons. The second kappa shape index (κ2) is 14.5. The molecular weight excluding hydrogens is 706 g/mol. The standard InChI is InChI=1S/C37H41Cl2FN2O7S/c1-5-25(34(44)41-24-12-13-26(36(46)47)32(43)17-24)28-18-27(21-7-6-8-23(38)15-21)33(22-11-14-29(39)30(40)16-22)42(35(28)45)31(20-9-10-20)19-50(48,49)37(2,3)4/h6-8,11-17,20,25,27-28,31,33,43H,5,9-10,18-19H2,1-4H3,(H,41,44)(H,46,47)/t25?,27-,28-,31-,33-/m1/s1. The first kappa shape index (κ1) is 37.6. The smallest absolute Gasteiger partial charge is 0.339 e. The number of aromatic carboxylic acids is 1. The Bertz CT molecular complexity index is 1910. The molecule has 1 unspecified atom stereocenters. The first-order valence-corrected chi connectivity index (χ1v) is 19.0. The molecule has 1 aliphatic heterocycles. The fraction of sp³-hybridized carbons (Fsp3) is 0.432. The van der Waals surface area contributed by atoms with E-state index in [-0.39, 0.29) is 40.8 Å². The Morgan fingerprint density at radius 1 is 1.04 bits per heavy atom. The molecule has 5 rings (SSSR count). The van der Waals surface area contributed by atoms with E-state index in [4.69, 9.17) is 23.2 Å². The molecule has 1 heterocycles. The summed E-state index contributed by atoms with van der Waals surface area (Å²) in [6.07, 6.45) is 1.79. The fourth-order valence-electron chi connectivity index (χ4n) is 6.95. The average molecular weight is 748 g/mol. The number of carbonyl (C=O) groups is 3. The van der Waals surface area contributed by atoms with Crippen molar-refractivity contribution in [2.75, 3.05) is 11.1 Å². The van der Waals surface area contributed by atoms with Crippen molar-refractivity contribution in [3.63, 3.8) is 0 Å². The monoisotopic (exact) mass is 746 g/mol. The predicted molar refractivity (Wildman–Crippen MR) is 191 cm³/mol. The minimum absolute atomic E-state index is 0.0983. The van der Waals surface area contributed by atoms with Crippen LogP contribution in [0.1, 0.15) is 86.8 Å². The molecule has 2 amide bonds. The number of sulfone groups is 1. The molecule has 13 heteroatoms. The van der Waals surface area contributed by atoms with Gasteiger partial charge in [-0.2, -0.15) is 0 Å². The number of benzene rings is 3. The van der Waals surface area contributed by atoms with Gasteiger partial charge in [0.2, 0.25) is 11.8 Å². The molecule has 3 aromatic carbocycles. The summed E-state index contributed by atoms with van der Waals surface area (Å²) < 4.78 is 41.7. The molecular formula is C37H41Cl2FN2O7S. The largest absolute Gasteiger partial charge is 0.507 e. The summed E-state index contributed by atoms with van der Waals surface area (Å²) in [6.45, 7) is 6.62. The lowest BCUT2D eigenvalue weighted by atomic mass is 9.70. The Labute approximate surface area is 301 Å². The van der Waals surface area contributed by atoms with Crippen LogP contribution in [0.4, 0.5) is 10.1 Å². The van der Waals surface area contributed by atoms with Gasteiger partial charge in [0.25, 0.3) is 0 Å². The van der Waals surface area contributed by atoms with E-state index in [1.165, 1.54) is 24.3 Å². The molecule has 1 saturated heterocycles. The topological polar surface area (TPSA) is 141 Å². The van der Waals surface area contributed by atoms with E-state index in [1.807, 2.05) is 6.07 Å². The van der Waals surface area contributed by atoms with Crippen LogP contribution >= 0.6 is 23.2 Å². The number of halogens is 3. The number of carboxylic acids is 1. The highest BCUT2D eigenvalue weighted by atomic mass is 35.5. The lowest BCUT2D eigenvalue weighted by Crippen LogP contribution is -2.57. The van der Waals surface area contributed by atoms with Crippen molar-refractivity contribution in [1.29, 1.82) is 0 Å². The number of hydrogen-bond donors (Lipinski definition) is 3. The summed E-state index contributed by atoms with van der Waals surface area (Å²) in [5.41, 5.74) is 0.981. The molecule has 2 fully saturated rings. The number of phenols is 1. The van der Waals surface area contributed by atoms with Gasteiger partial charge in [-0.25, -0.2) is 17.6 Å². The van der Waals surface area contributed by atoms with Crippen LogP contribution in [0.15, 0.2) is 60.7 Å². The zero-order valence-electron chi connectivity index (χ0n) is 28.2. The lowest BCUT2D eigenvalue weighted by molar-refractivity contribution is -0.151. The first-order valence-electron chi connectivity index (χ1n) is 16.6. The number of nitrogens with one attached hydrogen (secondary N) is 1. The summed E-state index contributed by atoms with van der Waals surface area (Å²) in [4.78, 5) is 42.0. The second-order valence-corrected chi connectivity index (χ2v) is 17.8. The third kappa shape index (κ3) is 7.80. The summed E-state index contributed by atoms with van der Waals surface area (Å²) in [5, 5.41) is 22.6. The van der Waals surface area contributed by atoms with Gasteiger partial charge in [0.1, 0.15) is 17.1 Å². The molecule has 0 radical (unpaired) electrons. The minimum atomic E-state index is -3.75. The molecule has 2 aliphatic rings. The lowest BCUT2D eigenvalue weighted by Gasteiger charge is -2.50. The maximum Gasteiger partial charge on any atom is 0.339 e. The molecule has 0 aromatic heterocycles. The Balaban J connectivity index is 1.65. The van der Waals surface area contributed by atoms with Crippen LogP contribution < -0.4 is 5.32 Å².